The maximum atomic E-state index is 10.8. The number of carbonyl (C=O) groups is 1. The van der Waals surface area contributed by atoms with Crippen molar-refractivity contribution in [1.29, 1.82) is 0 Å². The van der Waals surface area contributed by atoms with Crippen LogP contribution in [0.15, 0.2) is 0 Å². The maximum Gasteiger partial charge on any atom is 0.332 e. The van der Waals surface area contributed by atoms with Crippen LogP contribution in [0.25, 0.3) is 0 Å². The van der Waals surface area contributed by atoms with Crippen molar-refractivity contribution < 1.29 is 19.0 Å². The highest BCUT2D eigenvalue weighted by molar-refractivity contribution is 5.70. The fourth-order valence-electron chi connectivity index (χ4n) is 0.752. The summed E-state index contributed by atoms with van der Waals surface area (Å²) >= 11 is 0. The van der Waals surface area contributed by atoms with Gasteiger partial charge in [0.2, 0.25) is 0 Å². The van der Waals surface area contributed by atoms with E-state index in [4.69, 9.17) is 9.47 Å². The van der Waals surface area contributed by atoms with Gasteiger partial charge in [-0.3, -0.25) is 0 Å². The van der Waals surface area contributed by atoms with E-state index >= 15 is 0 Å². The van der Waals surface area contributed by atoms with Gasteiger partial charge in [-0.25, -0.2) is 4.79 Å². The molecule has 0 spiro atoms. The summed E-state index contributed by atoms with van der Waals surface area (Å²) in [4.78, 5) is 10.8. The van der Waals surface area contributed by atoms with E-state index in [2.05, 4.69) is 10.1 Å². The molecule has 0 aliphatic heterocycles. The SMILES string of the molecule is CCOC(=O)COCCOCCNC. The first-order valence-corrected chi connectivity index (χ1v) is 4.77. The van der Waals surface area contributed by atoms with Crippen molar-refractivity contribution >= 4 is 5.97 Å². The van der Waals surface area contributed by atoms with E-state index in [0.29, 0.717) is 26.4 Å². The van der Waals surface area contributed by atoms with Gasteiger partial charge in [0, 0.05) is 6.54 Å². The zero-order valence-electron chi connectivity index (χ0n) is 8.88. The molecule has 5 heteroatoms. The lowest BCUT2D eigenvalue weighted by molar-refractivity contribution is -0.148. The second-order valence-corrected chi connectivity index (χ2v) is 2.57. The van der Waals surface area contributed by atoms with Gasteiger partial charge in [0.05, 0.1) is 26.4 Å². The van der Waals surface area contributed by atoms with Crippen LogP contribution in [0.3, 0.4) is 0 Å². The zero-order chi connectivity index (χ0) is 10.6. The lowest BCUT2D eigenvalue weighted by atomic mass is 10.6. The van der Waals surface area contributed by atoms with Crippen molar-refractivity contribution in [2.45, 2.75) is 6.92 Å². The molecule has 0 heterocycles. The first-order valence-electron chi connectivity index (χ1n) is 4.77. The van der Waals surface area contributed by atoms with E-state index in [0.717, 1.165) is 6.54 Å². The molecule has 0 unspecified atom stereocenters. The third kappa shape index (κ3) is 9.44. The molecule has 0 aliphatic rings. The molecule has 0 radical (unpaired) electrons. The number of likely N-dealkylation sites (N-methyl/N-ethyl adjacent to an activating group) is 1. The number of rotatable bonds is 9. The molecule has 1 N–H and O–H groups in total. The Morgan fingerprint density at radius 1 is 1.21 bits per heavy atom. The van der Waals surface area contributed by atoms with E-state index in [1.807, 2.05) is 7.05 Å². The van der Waals surface area contributed by atoms with Gasteiger partial charge < -0.3 is 19.5 Å². The molecule has 14 heavy (non-hydrogen) atoms. The lowest BCUT2D eigenvalue weighted by Crippen LogP contribution is -2.18. The Morgan fingerprint density at radius 3 is 2.57 bits per heavy atom. The fraction of sp³-hybridized carbons (Fsp3) is 0.889. The topological polar surface area (TPSA) is 56.8 Å². The van der Waals surface area contributed by atoms with Crippen LogP contribution in [0.4, 0.5) is 0 Å². The van der Waals surface area contributed by atoms with Gasteiger partial charge in [-0.05, 0) is 14.0 Å². The number of ether oxygens (including phenoxy) is 3. The second-order valence-electron chi connectivity index (χ2n) is 2.57. The van der Waals surface area contributed by atoms with Crippen LogP contribution in [-0.4, -0.2) is 52.6 Å². The molecule has 0 aromatic heterocycles. The normalized spacial score (nSPS) is 10.1. The lowest BCUT2D eigenvalue weighted by Gasteiger charge is -2.05. The summed E-state index contributed by atoms with van der Waals surface area (Å²) in [6.45, 7) is 4.55. The summed E-state index contributed by atoms with van der Waals surface area (Å²) in [7, 11) is 1.86. The van der Waals surface area contributed by atoms with Gasteiger partial charge in [0.25, 0.3) is 0 Å². The molecule has 84 valence electrons. The van der Waals surface area contributed by atoms with Gasteiger partial charge in [-0.2, -0.15) is 0 Å². The van der Waals surface area contributed by atoms with E-state index in [1.54, 1.807) is 6.92 Å². The van der Waals surface area contributed by atoms with Crippen LogP contribution in [0.1, 0.15) is 6.92 Å². The second kappa shape index (κ2) is 10.4. The van der Waals surface area contributed by atoms with Crippen LogP contribution in [0.5, 0.6) is 0 Å². The van der Waals surface area contributed by atoms with E-state index in [-0.39, 0.29) is 12.6 Å². The summed E-state index contributed by atoms with van der Waals surface area (Å²) in [6, 6.07) is 0. The summed E-state index contributed by atoms with van der Waals surface area (Å²) in [5, 5.41) is 2.95. The first-order chi connectivity index (χ1) is 6.81. The molecule has 0 bridgehead atoms. The Hall–Kier alpha value is -0.650. The Kier molecular flexibility index (Phi) is 9.95. The molecule has 0 aromatic rings. The van der Waals surface area contributed by atoms with Gasteiger partial charge in [-0.15, -0.1) is 0 Å². The Morgan fingerprint density at radius 2 is 1.93 bits per heavy atom. The van der Waals surface area contributed by atoms with Crippen LogP contribution >= 0.6 is 0 Å². The van der Waals surface area contributed by atoms with Gasteiger partial charge in [0.15, 0.2) is 0 Å². The predicted molar refractivity (Wildman–Crippen MR) is 52.2 cm³/mol. The Labute approximate surface area is 84.7 Å². The molecule has 0 aromatic carbocycles. The molecular formula is C9H19NO4. The van der Waals surface area contributed by atoms with E-state index in [9.17, 15) is 4.79 Å². The number of nitrogens with one attached hydrogen (secondary N) is 1. The monoisotopic (exact) mass is 205 g/mol. The number of hydrogen-bond acceptors (Lipinski definition) is 5. The largest absolute Gasteiger partial charge is 0.464 e. The quantitative estimate of drug-likeness (QED) is 0.417. The summed E-state index contributed by atoms with van der Waals surface area (Å²) in [5.41, 5.74) is 0. The minimum absolute atomic E-state index is 0.00320. The van der Waals surface area contributed by atoms with Crippen LogP contribution in [0, 0.1) is 0 Å². The summed E-state index contributed by atoms with van der Waals surface area (Å²) in [5.74, 6) is -0.331. The van der Waals surface area contributed by atoms with Crippen molar-refractivity contribution in [3.05, 3.63) is 0 Å². The van der Waals surface area contributed by atoms with Gasteiger partial charge in [0.1, 0.15) is 6.61 Å². The maximum absolute atomic E-state index is 10.8. The van der Waals surface area contributed by atoms with Crippen molar-refractivity contribution in [2.24, 2.45) is 0 Å². The van der Waals surface area contributed by atoms with Crippen molar-refractivity contribution in [3.8, 4) is 0 Å². The van der Waals surface area contributed by atoms with E-state index in [1.165, 1.54) is 0 Å². The smallest absolute Gasteiger partial charge is 0.332 e. The summed E-state index contributed by atoms with van der Waals surface area (Å²) in [6.07, 6.45) is 0. The average molecular weight is 205 g/mol. The minimum Gasteiger partial charge on any atom is -0.464 e. The van der Waals surface area contributed by atoms with Crippen molar-refractivity contribution in [1.82, 2.24) is 5.32 Å². The van der Waals surface area contributed by atoms with Crippen molar-refractivity contribution in [3.63, 3.8) is 0 Å². The number of hydrogen-bond donors (Lipinski definition) is 1. The average Bonchev–Trinajstić information content (AvgIpc) is 2.17. The van der Waals surface area contributed by atoms with E-state index < -0.39 is 0 Å². The molecule has 5 nitrogen and oxygen atoms in total. The van der Waals surface area contributed by atoms with Crippen LogP contribution < -0.4 is 5.32 Å². The Bertz CT molecular complexity index is 141. The molecule has 0 atom stereocenters. The zero-order valence-corrected chi connectivity index (χ0v) is 8.88. The Balaban J connectivity index is 3.01. The highest BCUT2D eigenvalue weighted by atomic mass is 16.6. The molecule has 0 rings (SSSR count). The predicted octanol–water partition coefficient (Wildman–Crippen LogP) is -0.198. The summed E-state index contributed by atoms with van der Waals surface area (Å²) < 4.78 is 14.9. The third-order valence-corrected chi connectivity index (χ3v) is 1.39. The molecule has 0 saturated carbocycles. The van der Waals surface area contributed by atoms with Crippen LogP contribution in [0.2, 0.25) is 0 Å². The molecule has 0 saturated heterocycles. The number of carbonyl (C=O) groups excluding carboxylic acids is 1. The van der Waals surface area contributed by atoms with Crippen LogP contribution in [-0.2, 0) is 19.0 Å². The fourth-order valence-corrected chi connectivity index (χ4v) is 0.752. The molecule has 0 aliphatic carbocycles. The first kappa shape index (κ1) is 13.4. The minimum atomic E-state index is -0.331. The molecule has 0 fully saturated rings. The molecular weight excluding hydrogens is 186 g/mol. The highest BCUT2D eigenvalue weighted by Crippen LogP contribution is 1.82. The van der Waals surface area contributed by atoms with Crippen molar-refractivity contribution in [2.75, 3.05) is 46.6 Å². The molecule has 0 amide bonds. The number of esters is 1. The standard InChI is InChI=1S/C9H19NO4/c1-3-14-9(11)8-13-7-6-12-5-4-10-2/h10H,3-8H2,1-2H3. The third-order valence-electron chi connectivity index (χ3n) is 1.39. The highest BCUT2D eigenvalue weighted by Gasteiger charge is 1.99. The van der Waals surface area contributed by atoms with Gasteiger partial charge >= 0.3 is 5.97 Å². The van der Waals surface area contributed by atoms with Gasteiger partial charge in [-0.1, -0.05) is 0 Å².